The van der Waals surface area contributed by atoms with Gasteiger partial charge in [-0.05, 0) is 0 Å². The molecule has 0 saturated carbocycles. The molecular weight excluding hydrogens is 446 g/mol. The molecule has 4 rings (SSSR count). The number of hydrogen-bond acceptors (Lipinski definition) is 7. The molecule has 0 amide bonds. The molecule has 1 atom stereocenters. The van der Waals surface area contributed by atoms with Gasteiger partial charge in [0.2, 0.25) is 0 Å². The molecule has 2 aromatic carbocycles. The summed E-state index contributed by atoms with van der Waals surface area (Å²) in [6.07, 6.45) is 2.92. The van der Waals surface area contributed by atoms with Gasteiger partial charge in [0.25, 0.3) is 0 Å². The zero-order valence-electron chi connectivity index (χ0n) is 15.5. The Morgan fingerprint density at radius 3 is 2.50 bits per heavy atom. The average molecular weight is 460 g/mol. The van der Waals surface area contributed by atoms with Crippen LogP contribution in [0.1, 0.15) is 5.69 Å². The quantitative estimate of drug-likeness (QED) is 0.465. The van der Waals surface area contributed by atoms with Gasteiger partial charge in [-0.15, -0.1) is 0 Å². The van der Waals surface area contributed by atoms with Crippen molar-refractivity contribution in [2.45, 2.75) is 0 Å². The molecule has 9 heteroatoms. The van der Waals surface area contributed by atoms with Crippen LogP contribution in [0.25, 0.3) is 22.4 Å². The Labute approximate surface area is 179 Å². The van der Waals surface area contributed by atoms with E-state index in [9.17, 15) is 5.26 Å². The van der Waals surface area contributed by atoms with E-state index in [-0.39, 0.29) is 34.5 Å². The number of hydrogen-bond donors (Lipinski definition) is 1. The molecule has 0 spiro atoms. The van der Waals surface area contributed by atoms with E-state index in [1.807, 2.05) is 36.4 Å². The van der Waals surface area contributed by atoms with Gasteiger partial charge in [-0.25, -0.2) is 0 Å². The van der Waals surface area contributed by atoms with Crippen molar-refractivity contribution in [2.24, 2.45) is 0 Å². The van der Waals surface area contributed by atoms with Crippen LogP contribution >= 0.6 is 0 Å². The van der Waals surface area contributed by atoms with Crippen LogP contribution in [0.3, 0.4) is 0 Å². The first kappa shape index (κ1) is 19.5. The van der Waals surface area contributed by atoms with Gasteiger partial charge in [0, 0.05) is 0 Å². The Hall–Kier alpha value is -3.82. The number of benzene rings is 2. The molecule has 2 N–H and O–H groups in total. The minimum absolute atomic E-state index is 0.0365. The summed E-state index contributed by atoms with van der Waals surface area (Å²) in [7, 11) is 0. The van der Waals surface area contributed by atoms with E-state index < -0.39 is 5.82 Å². The predicted molar refractivity (Wildman–Crippen MR) is 112 cm³/mol. The first-order valence-corrected chi connectivity index (χ1v) is 9.95. The van der Waals surface area contributed by atoms with E-state index in [1.54, 1.807) is 12.1 Å². The Balaban J connectivity index is 1.92. The number of halogens is 1. The Bertz CT molecular complexity index is 1280. The van der Waals surface area contributed by atoms with Crippen molar-refractivity contribution >= 4 is 27.2 Å². The van der Waals surface area contributed by atoms with Crippen LogP contribution in [0.5, 0.6) is 11.8 Å². The summed E-state index contributed by atoms with van der Waals surface area (Å²) >= 11 is 1.22. The molecule has 2 heterocycles. The summed E-state index contributed by atoms with van der Waals surface area (Å²) in [5.41, 5.74) is 7.18. The normalized spacial score (nSPS) is 10.4. The van der Waals surface area contributed by atoms with E-state index in [0.717, 1.165) is 5.56 Å². The molecule has 30 heavy (non-hydrogen) atoms. The fourth-order valence-corrected chi connectivity index (χ4v) is 3.28. The molecule has 0 saturated heterocycles. The monoisotopic (exact) mass is 460 g/mol. The third-order valence-corrected chi connectivity index (χ3v) is 4.77. The second-order valence-electron chi connectivity index (χ2n) is 6.14. The van der Waals surface area contributed by atoms with Crippen molar-refractivity contribution < 1.29 is 9.13 Å². The summed E-state index contributed by atoms with van der Waals surface area (Å²) in [5.74, 6) is -0.613. The number of anilines is 1. The third-order valence-electron chi connectivity index (χ3n) is 4.18. The molecular formula is C21H14AsFN6O. The van der Waals surface area contributed by atoms with Crippen LogP contribution in [0.4, 0.5) is 10.2 Å². The van der Waals surface area contributed by atoms with Crippen LogP contribution in [-0.2, 0) is 0 Å². The first-order chi connectivity index (χ1) is 14.6. The number of nitrogens with two attached hydrogens (primary N) is 1. The summed E-state index contributed by atoms with van der Waals surface area (Å²) in [6.45, 7) is 0. The topological polar surface area (TPSA) is 111 Å². The molecule has 0 aliphatic rings. The minimum atomic E-state index is -0.706. The Kier molecular flexibility index (Phi) is 5.38. The second-order valence-corrected chi connectivity index (χ2v) is 7.38. The van der Waals surface area contributed by atoms with Gasteiger partial charge in [0.1, 0.15) is 0 Å². The van der Waals surface area contributed by atoms with E-state index in [1.165, 1.54) is 35.3 Å². The van der Waals surface area contributed by atoms with Crippen LogP contribution in [0.15, 0.2) is 60.9 Å². The molecule has 2 aromatic heterocycles. The van der Waals surface area contributed by atoms with Gasteiger partial charge >= 0.3 is 180 Å². The number of nitrogen functional groups attached to an aromatic ring is 1. The molecule has 7 nitrogen and oxygen atoms in total. The number of ether oxygens (including phenoxy) is 1. The van der Waals surface area contributed by atoms with Crippen LogP contribution in [0.2, 0.25) is 0 Å². The molecule has 0 radical (unpaired) electrons. The molecule has 0 aliphatic heterocycles. The molecule has 146 valence electrons. The number of rotatable bonds is 4. The van der Waals surface area contributed by atoms with Gasteiger partial charge in [-0.3, -0.25) is 0 Å². The maximum absolute atomic E-state index is 15.7. The molecule has 0 aliphatic carbocycles. The van der Waals surface area contributed by atoms with Gasteiger partial charge < -0.3 is 0 Å². The van der Waals surface area contributed by atoms with Crippen molar-refractivity contribution in [1.29, 1.82) is 5.26 Å². The van der Waals surface area contributed by atoms with Gasteiger partial charge in [0.15, 0.2) is 0 Å². The van der Waals surface area contributed by atoms with Crippen LogP contribution < -0.4 is 15.0 Å². The number of aromatic nitrogens is 4. The molecule has 4 aromatic rings. The Morgan fingerprint density at radius 1 is 1.00 bits per heavy atom. The van der Waals surface area contributed by atoms with E-state index in [2.05, 4.69) is 19.9 Å². The van der Waals surface area contributed by atoms with E-state index >= 15 is 4.39 Å². The molecule has 0 bridgehead atoms. The van der Waals surface area contributed by atoms with Crippen molar-refractivity contribution in [1.82, 2.24) is 19.9 Å². The average Bonchev–Trinajstić information content (AvgIpc) is 2.76. The summed E-state index contributed by atoms with van der Waals surface area (Å²) in [5, 5.41) is 9.43. The fourth-order valence-electron chi connectivity index (χ4n) is 2.86. The van der Waals surface area contributed by atoms with Gasteiger partial charge in [-0.2, -0.15) is 0 Å². The zero-order chi connectivity index (χ0) is 21.1. The summed E-state index contributed by atoms with van der Waals surface area (Å²) in [6, 6.07) is 15.8. The first-order valence-electron chi connectivity index (χ1n) is 8.74. The van der Waals surface area contributed by atoms with Crippen molar-refractivity contribution in [2.75, 3.05) is 5.73 Å². The summed E-state index contributed by atoms with van der Waals surface area (Å²) in [4.78, 5) is 16.4. The van der Waals surface area contributed by atoms with E-state index in [4.69, 9.17) is 10.5 Å². The van der Waals surface area contributed by atoms with Gasteiger partial charge in [0.05, 0.1) is 0 Å². The van der Waals surface area contributed by atoms with Gasteiger partial charge in [-0.1, -0.05) is 0 Å². The number of nitrogens with zero attached hydrogens (tertiary/aromatic N) is 5. The predicted octanol–water partition coefficient (Wildman–Crippen LogP) is 2.24. The van der Waals surface area contributed by atoms with Crippen molar-refractivity contribution in [3.8, 4) is 40.2 Å². The van der Waals surface area contributed by atoms with Crippen LogP contribution in [-0.4, -0.2) is 36.8 Å². The fraction of sp³-hybridized carbons (Fsp3) is 0. The summed E-state index contributed by atoms with van der Waals surface area (Å²) < 4.78 is 22.1. The molecule has 0 fully saturated rings. The van der Waals surface area contributed by atoms with E-state index in [0.29, 0.717) is 10.0 Å². The Morgan fingerprint density at radius 2 is 1.77 bits per heavy atom. The number of nitriles is 1. The zero-order valence-corrected chi connectivity index (χ0v) is 17.9. The van der Waals surface area contributed by atoms with Crippen LogP contribution in [0, 0.1) is 17.1 Å². The second kappa shape index (κ2) is 8.27. The maximum atomic E-state index is 15.7. The third kappa shape index (κ3) is 3.84. The van der Waals surface area contributed by atoms with Crippen molar-refractivity contribution in [3.05, 3.63) is 72.4 Å². The standard InChI is InChI=1S/C21H14AsFN6O/c22-16-11-27-19(15(10-24)28-16)14-7-6-13(12-4-2-1-3-5-12)20(18(14)23)30-21-26-9-8-17(25)29-21/h1-9,11H,22H2,(H2,25,26,29). The van der Waals surface area contributed by atoms with Crippen molar-refractivity contribution in [3.63, 3.8) is 0 Å². The SMILES string of the molecule is N#Cc1nc([AsH2])cnc1-c1ccc(-c2ccccc2)c(Oc2nccc(N)n2)c1F. The molecule has 1 unspecified atom stereocenters.